The largest absolute Gasteiger partial charge is 0.486 e. The molecule has 2 heterocycles. The molecule has 1 aliphatic rings. The number of nitrogens with zero attached hydrogens (tertiary/aromatic N) is 2. The van der Waals surface area contributed by atoms with E-state index in [1.165, 1.54) is 4.57 Å². The van der Waals surface area contributed by atoms with Crippen LogP contribution in [0, 0.1) is 0 Å². The lowest BCUT2D eigenvalue weighted by molar-refractivity contribution is -0.122. The van der Waals surface area contributed by atoms with Crippen molar-refractivity contribution in [1.82, 2.24) is 14.9 Å². The van der Waals surface area contributed by atoms with Crippen LogP contribution in [0.2, 0.25) is 0 Å². The van der Waals surface area contributed by atoms with Gasteiger partial charge < -0.3 is 19.4 Å². The highest BCUT2D eigenvalue weighted by atomic mass is 32.2. The standard InChI is InChI=1S/C20H21N3O5S/c1-13(14-7-8-17-18(11-14)28-10-9-27-17)21-19(24)12-23-16-6-4-3-5-15(16)22-20(23)29(2,25)26/h3-8,11,13H,9-10,12H2,1-2H3,(H,21,24). The molecule has 0 radical (unpaired) electrons. The Balaban J connectivity index is 1.56. The number of amides is 1. The van der Waals surface area contributed by atoms with Gasteiger partial charge in [0.2, 0.25) is 20.9 Å². The van der Waals surface area contributed by atoms with Crippen LogP contribution in [0.3, 0.4) is 0 Å². The second-order valence-corrected chi connectivity index (χ2v) is 8.84. The molecule has 0 saturated carbocycles. The summed E-state index contributed by atoms with van der Waals surface area (Å²) in [5.74, 6) is 1.01. The summed E-state index contributed by atoms with van der Waals surface area (Å²) in [4.78, 5) is 16.9. The normalized spacial score (nSPS) is 14.6. The van der Waals surface area contributed by atoms with E-state index < -0.39 is 9.84 Å². The Hall–Kier alpha value is -3.07. The molecule has 152 valence electrons. The summed E-state index contributed by atoms with van der Waals surface area (Å²) in [7, 11) is -3.59. The first-order chi connectivity index (χ1) is 13.8. The van der Waals surface area contributed by atoms with Crippen LogP contribution >= 0.6 is 0 Å². The van der Waals surface area contributed by atoms with E-state index in [2.05, 4.69) is 10.3 Å². The minimum Gasteiger partial charge on any atom is -0.486 e. The molecule has 29 heavy (non-hydrogen) atoms. The van der Waals surface area contributed by atoms with Crippen LogP contribution in [0.4, 0.5) is 0 Å². The summed E-state index contributed by atoms with van der Waals surface area (Å²) in [5.41, 5.74) is 1.98. The number of carbonyl (C=O) groups excluding carboxylic acids is 1. The molecule has 0 spiro atoms. The maximum absolute atomic E-state index is 12.7. The number of nitrogens with one attached hydrogen (secondary N) is 1. The van der Waals surface area contributed by atoms with Gasteiger partial charge >= 0.3 is 0 Å². The van der Waals surface area contributed by atoms with Gasteiger partial charge in [-0.15, -0.1) is 0 Å². The molecule has 1 N–H and O–H groups in total. The molecule has 1 aliphatic heterocycles. The number of ether oxygens (including phenoxy) is 2. The fourth-order valence-electron chi connectivity index (χ4n) is 3.33. The van der Waals surface area contributed by atoms with E-state index in [1.54, 1.807) is 24.3 Å². The van der Waals surface area contributed by atoms with Gasteiger partial charge in [-0.25, -0.2) is 13.4 Å². The Morgan fingerprint density at radius 1 is 1.17 bits per heavy atom. The van der Waals surface area contributed by atoms with Crippen LogP contribution in [-0.2, 0) is 21.2 Å². The zero-order valence-corrected chi connectivity index (χ0v) is 16.9. The van der Waals surface area contributed by atoms with Crippen LogP contribution in [0.1, 0.15) is 18.5 Å². The average molecular weight is 415 g/mol. The van der Waals surface area contributed by atoms with Gasteiger partial charge in [-0.2, -0.15) is 0 Å². The molecule has 0 fully saturated rings. The Labute approximate surface area is 168 Å². The Kier molecular flexibility index (Phi) is 4.91. The Morgan fingerprint density at radius 3 is 2.66 bits per heavy atom. The lowest BCUT2D eigenvalue weighted by atomic mass is 10.1. The minimum atomic E-state index is -3.59. The molecule has 0 bridgehead atoms. The number of aromatic nitrogens is 2. The number of sulfone groups is 1. The van der Waals surface area contributed by atoms with Crippen molar-refractivity contribution in [2.45, 2.75) is 24.7 Å². The summed E-state index contributed by atoms with van der Waals surface area (Å²) in [6.07, 6.45) is 1.08. The average Bonchev–Trinajstić information content (AvgIpc) is 3.06. The third-order valence-electron chi connectivity index (χ3n) is 4.70. The van der Waals surface area contributed by atoms with Gasteiger partial charge in [0.25, 0.3) is 0 Å². The molecule has 4 rings (SSSR count). The van der Waals surface area contributed by atoms with Crippen LogP contribution < -0.4 is 14.8 Å². The number of hydrogen-bond donors (Lipinski definition) is 1. The fourth-order valence-corrected chi connectivity index (χ4v) is 4.16. The lowest BCUT2D eigenvalue weighted by Gasteiger charge is -2.21. The van der Waals surface area contributed by atoms with E-state index in [1.807, 2.05) is 25.1 Å². The number of hydrogen-bond acceptors (Lipinski definition) is 6. The van der Waals surface area contributed by atoms with E-state index >= 15 is 0 Å². The van der Waals surface area contributed by atoms with Gasteiger partial charge in [-0.05, 0) is 36.8 Å². The molecule has 9 heteroatoms. The van der Waals surface area contributed by atoms with Crippen LogP contribution in [0.15, 0.2) is 47.6 Å². The van der Waals surface area contributed by atoms with Gasteiger partial charge in [-0.1, -0.05) is 18.2 Å². The smallest absolute Gasteiger partial charge is 0.240 e. The quantitative estimate of drug-likeness (QED) is 0.685. The number of imidazole rings is 1. The maximum atomic E-state index is 12.7. The van der Waals surface area contributed by atoms with Gasteiger partial charge in [-0.3, -0.25) is 4.79 Å². The Bertz CT molecular complexity index is 1190. The highest BCUT2D eigenvalue weighted by Gasteiger charge is 2.22. The SMILES string of the molecule is CC(NC(=O)Cn1c(S(C)(=O)=O)nc2ccccc21)c1ccc2c(c1)OCCO2. The van der Waals surface area contributed by atoms with E-state index in [9.17, 15) is 13.2 Å². The summed E-state index contributed by atoms with van der Waals surface area (Å²) < 4.78 is 36.8. The van der Waals surface area contributed by atoms with Crippen molar-refractivity contribution in [2.24, 2.45) is 0 Å². The highest BCUT2D eigenvalue weighted by molar-refractivity contribution is 7.90. The van der Waals surface area contributed by atoms with E-state index in [-0.39, 0.29) is 23.7 Å². The molecule has 3 aromatic rings. The molecule has 1 atom stereocenters. The topological polar surface area (TPSA) is 99.5 Å². The van der Waals surface area contributed by atoms with Crippen molar-refractivity contribution in [3.63, 3.8) is 0 Å². The van der Waals surface area contributed by atoms with Gasteiger partial charge in [0.15, 0.2) is 11.5 Å². The lowest BCUT2D eigenvalue weighted by Crippen LogP contribution is -2.31. The predicted octanol–water partition coefficient (Wildman–Crippen LogP) is 2.09. The molecular formula is C20H21N3O5S. The molecule has 2 aromatic carbocycles. The number of carbonyl (C=O) groups is 1. The highest BCUT2D eigenvalue weighted by Crippen LogP contribution is 2.32. The molecule has 8 nitrogen and oxygen atoms in total. The van der Waals surface area contributed by atoms with Crippen LogP contribution in [0.5, 0.6) is 11.5 Å². The zero-order chi connectivity index (χ0) is 20.6. The van der Waals surface area contributed by atoms with Crippen molar-refractivity contribution >= 4 is 26.8 Å². The van der Waals surface area contributed by atoms with E-state index in [0.29, 0.717) is 35.7 Å². The molecule has 0 saturated heterocycles. The van der Waals surface area contributed by atoms with Gasteiger partial charge in [0, 0.05) is 6.26 Å². The minimum absolute atomic E-state index is 0.124. The predicted molar refractivity (Wildman–Crippen MR) is 107 cm³/mol. The molecule has 0 aliphatic carbocycles. The molecule has 1 aromatic heterocycles. The van der Waals surface area contributed by atoms with Crippen molar-refractivity contribution in [2.75, 3.05) is 19.5 Å². The van der Waals surface area contributed by atoms with Crippen molar-refractivity contribution in [1.29, 1.82) is 0 Å². The summed E-state index contributed by atoms with van der Waals surface area (Å²) in [6, 6.07) is 12.2. The monoisotopic (exact) mass is 415 g/mol. The molecule has 1 unspecified atom stereocenters. The van der Waals surface area contributed by atoms with Crippen molar-refractivity contribution in [3.05, 3.63) is 48.0 Å². The second kappa shape index (κ2) is 7.40. The van der Waals surface area contributed by atoms with Crippen LogP contribution in [0.25, 0.3) is 11.0 Å². The first-order valence-electron chi connectivity index (χ1n) is 9.17. The third kappa shape index (κ3) is 3.91. The van der Waals surface area contributed by atoms with Crippen molar-refractivity contribution < 1.29 is 22.7 Å². The Morgan fingerprint density at radius 2 is 1.90 bits per heavy atom. The van der Waals surface area contributed by atoms with Crippen molar-refractivity contribution in [3.8, 4) is 11.5 Å². The zero-order valence-electron chi connectivity index (χ0n) is 16.1. The second-order valence-electron chi connectivity index (χ2n) is 6.93. The summed E-state index contributed by atoms with van der Waals surface area (Å²) >= 11 is 0. The van der Waals surface area contributed by atoms with Gasteiger partial charge in [0.1, 0.15) is 19.8 Å². The van der Waals surface area contributed by atoms with E-state index in [4.69, 9.17) is 9.47 Å². The van der Waals surface area contributed by atoms with E-state index in [0.717, 1.165) is 11.8 Å². The maximum Gasteiger partial charge on any atom is 0.240 e. The summed E-state index contributed by atoms with van der Waals surface area (Å²) in [6.45, 7) is 2.70. The number of benzene rings is 2. The number of fused-ring (bicyclic) bond motifs is 2. The van der Waals surface area contributed by atoms with Gasteiger partial charge in [0.05, 0.1) is 17.1 Å². The fraction of sp³-hybridized carbons (Fsp3) is 0.300. The number of para-hydroxylation sites is 2. The van der Waals surface area contributed by atoms with Crippen LogP contribution in [-0.4, -0.2) is 43.3 Å². The first-order valence-corrected chi connectivity index (χ1v) is 11.1. The first kappa shape index (κ1) is 19.3. The third-order valence-corrected chi connectivity index (χ3v) is 5.67. The molecule has 1 amide bonds. The molecular weight excluding hydrogens is 394 g/mol. The number of rotatable bonds is 5. The summed E-state index contributed by atoms with van der Waals surface area (Å²) in [5, 5.41) is 2.78.